The van der Waals surface area contributed by atoms with Crippen LogP contribution in [-0.4, -0.2) is 22.7 Å². The molecule has 3 aromatic rings. The minimum atomic E-state index is 0.0104. The maximum Gasteiger partial charge on any atom is 0.258 e. The van der Waals surface area contributed by atoms with E-state index in [1.807, 2.05) is 54.9 Å². The van der Waals surface area contributed by atoms with Crippen molar-refractivity contribution in [3.63, 3.8) is 0 Å². The summed E-state index contributed by atoms with van der Waals surface area (Å²) in [6.45, 7) is 4.61. The first-order valence-electron chi connectivity index (χ1n) is 9.05. The molecule has 1 aliphatic carbocycles. The van der Waals surface area contributed by atoms with Crippen molar-refractivity contribution < 1.29 is 4.74 Å². The zero-order valence-electron chi connectivity index (χ0n) is 15.4. The number of rotatable bonds is 5. The van der Waals surface area contributed by atoms with E-state index in [4.69, 9.17) is 4.74 Å². The lowest BCUT2D eigenvalue weighted by molar-refractivity contribution is 0.414. The van der Waals surface area contributed by atoms with Gasteiger partial charge in [-0.1, -0.05) is 6.07 Å². The highest BCUT2D eigenvalue weighted by Crippen LogP contribution is 2.28. The van der Waals surface area contributed by atoms with Gasteiger partial charge in [0.25, 0.3) is 5.56 Å². The number of pyridine rings is 2. The minimum absolute atomic E-state index is 0.0104. The Morgan fingerprint density at radius 2 is 2.04 bits per heavy atom. The van der Waals surface area contributed by atoms with Crippen molar-refractivity contribution in [3.8, 4) is 16.9 Å². The number of aryl methyl sites for hydroxylation is 2. The van der Waals surface area contributed by atoms with Crippen molar-refractivity contribution in [2.45, 2.75) is 39.3 Å². The fourth-order valence-corrected chi connectivity index (χ4v) is 3.33. The van der Waals surface area contributed by atoms with E-state index in [2.05, 4.69) is 10.3 Å². The monoisotopic (exact) mass is 349 g/mol. The number of ether oxygens (including phenoxy) is 1. The molecule has 2 aromatic heterocycles. The summed E-state index contributed by atoms with van der Waals surface area (Å²) in [6, 6.07) is 10.3. The van der Waals surface area contributed by atoms with Crippen LogP contribution in [0.3, 0.4) is 0 Å². The number of benzene rings is 1. The first kappa shape index (κ1) is 16.6. The molecule has 4 rings (SSSR count). The Bertz CT molecular complexity index is 1040. The number of fused-ring (bicyclic) bond motifs is 1. The Hall–Kier alpha value is -2.82. The third kappa shape index (κ3) is 3.05. The maximum absolute atomic E-state index is 13.2. The fraction of sp³-hybridized carbons (Fsp3) is 0.333. The molecule has 0 atom stereocenters. The van der Waals surface area contributed by atoms with Gasteiger partial charge in [-0.15, -0.1) is 0 Å². The summed E-state index contributed by atoms with van der Waals surface area (Å²) in [5.41, 5.74) is 3.53. The predicted octanol–water partition coefficient (Wildman–Crippen LogP) is 3.97. The molecule has 1 aromatic carbocycles. The second-order valence-electron chi connectivity index (χ2n) is 6.89. The molecule has 26 heavy (non-hydrogen) atoms. The molecular weight excluding hydrogens is 326 g/mol. The van der Waals surface area contributed by atoms with Crippen molar-refractivity contribution in [3.05, 3.63) is 52.4 Å². The van der Waals surface area contributed by atoms with Crippen LogP contribution in [0.4, 0.5) is 5.82 Å². The average Bonchev–Trinajstić information content (AvgIpc) is 3.44. The number of anilines is 1. The average molecular weight is 349 g/mol. The van der Waals surface area contributed by atoms with Crippen LogP contribution < -0.4 is 15.6 Å². The third-order valence-electron chi connectivity index (χ3n) is 4.82. The quantitative estimate of drug-likeness (QED) is 0.757. The number of hydrogen-bond acceptors (Lipinski definition) is 4. The second-order valence-corrected chi connectivity index (χ2v) is 6.89. The number of methoxy groups -OCH3 is 1. The Labute approximate surface area is 152 Å². The summed E-state index contributed by atoms with van der Waals surface area (Å²) in [7, 11) is 1.64. The number of hydrogen-bond donors (Lipinski definition) is 1. The Balaban J connectivity index is 1.89. The number of nitrogens with one attached hydrogen (secondary N) is 1. The van der Waals surface area contributed by atoms with Crippen LogP contribution in [-0.2, 0) is 6.54 Å². The van der Waals surface area contributed by atoms with E-state index >= 15 is 0 Å². The van der Waals surface area contributed by atoms with Crippen molar-refractivity contribution in [1.82, 2.24) is 9.55 Å². The molecule has 5 nitrogen and oxygen atoms in total. The van der Waals surface area contributed by atoms with Crippen molar-refractivity contribution in [1.29, 1.82) is 0 Å². The van der Waals surface area contributed by atoms with Gasteiger partial charge in [0.1, 0.15) is 11.6 Å². The summed E-state index contributed by atoms with van der Waals surface area (Å²) in [4.78, 5) is 17.7. The van der Waals surface area contributed by atoms with E-state index < -0.39 is 0 Å². The maximum atomic E-state index is 13.2. The van der Waals surface area contributed by atoms with Crippen LogP contribution in [0.25, 0.3) is 22.0 Å². The summed E-state index contributed by atoms with van der Waals surface area (Å²) in [5, 5.41) is 4.37. The van der Waals surface area contributed by atoms with Crippen LogP contribution in [0.15, 0.2) is 41.3 Å². The van der Waals surface area contributed by atoms with Crippen LogP contribution >= 0.6 is 0 Å². The first-order chi connectivity index (χ1) is 12.6. The normalized spacial score (nSPS) is 13.8. The Morgan fingerprint density at radius 3 is 2.73 bits per heavy atom. The van der Waals surface area contributed by atoms with E-state index in [-0.39, 0.29) is 5.56 Å². The lowest BCUT2D eigenvalue weighted by Gasteiger charge is -2.14. The molecule has 1 saturated carbocycles. The molecule has 2 heterocycles. The summed E-state index contributed by atoms with van der Waals surface area (Å²) < 4.78 is 7.19. The lowest BCUT2D eigenvalue weighted by atomic mass is 10.0. The highest BCUT2D eigenvalue weighted by molar-refractivity contribution is 5.85. The van der Waals surface area contributed by atoms with Crippen molar-refractivity contribution in [2.75, 3.05) is 12.4 Å². The zero-order valence-corrected chi connectivity index (χ0v) is 15.4. The Morgan fingerprint density at radius 1 is 1.23 bits per heavy atom. The smallest absolute Gasteiger partial charge is 0.258 e. The first-order valence-corrected chi connectivity index (χ1v) is 9.05. The summed E-state index contributed by atoms with van der Waals surface area (Å²) in [5.74, 6) is 1.59. The van der Waals surface area contributed by atoms with Crippen molar-refractivity contribution in [2.24, 2.45) is 0 Å². The minimum Gasteiger partial charge on any atom is -0.497 e. The SMILES string of the molecule is CCn1c(=O)c(-c2cc(C)cc(OC)c2)cc2cnc(NC3CC3)cc21. The molecule has 134 valence electrons. The number of nitrogens with zero attached hydrogens (tertiary/aromatic N) is 2. The van der Waals surface area contributed by atoms with Crippen LogP contribution in [0.1, 0.15) is 25.3 Å². The standard InChI is InChI=1S/C21H23N3O2/c1-4-24-19-11-20(23-16-5-6-16)22-12-15(19)10-18(21(24)25)14-7-13(2)8-17(9-14)26-3/h7-12,16H,4-6H2,1-3H3,(H,22,23). The molecule has 1 N–H and O–H groups in total. The van der Waals surface area contributed by atoms with Crippen LogP contribution in [0, 0.1) is 6.92 Å². The highest BCUT2D eigenvalue weighted by atomic mass is 16.5. The molecule has 0 saturated heterocycles. The topological polar surface area (TPSA) is 56.2 Å². The lowest BCUT2D eigenvalue weighted by Crippen LogP contribution is -2.21. The molecular formula is C21H23N3O2. The van der Waals surface area contributed by atoms with Gasteiger partial charge in [0, 0.05) is 35.8 Å². The number of aromatic nitrogens is 2. The van der Waals surface area contributed by atoms with Gasteiger partial charge in [0.05, 0.1) is 12.6 Å². The molecule has 0 amide bonds. The molecule has 0 radical (unpaired) electrons. The molecule has 1 aliphatic rings. The fourth-order valence-electron chi connectivity index (χ4n) is 3.33. The van der Waals surface area contributed by atoms with Gasteiger partial charge in [0.2, 0.25) is 0 Å². The van der Waals surface area contributed by atoms with E-state index in [1.54, 1.807) is 7.11 Å². The second kappa shape index (κ2) is 6.48. The largest absolute Gasteiger partial charge is 0.497 e. The van der Waals surface area contributed by atoms with Gasteiger partial charge in [-0.2, -0.15) is 0 Å². The van der Waals surface area contributed by atoms with Gasteiger partial charge in [-0.05, 0) is 56.0 Å². The summed E-state index contributed by atoms with van der Waals surface area (Å²) in [6.07, 6.45) is 4.23. The molecule has 1 fully saturated rings. The molecule has 0 aliphatic heterocycles. The van der Waals surface area contributed by atoms with Gasteiger partial charge >= 0.3 is 0 Å². The summed E-state index contributed by atoms with van der Waals surface area (Å²) >= 11 is 0. The predicted molar refractivity (Wildman–Crippen MR) is 105 cm³/mol. The zero-order chi connectivity index (χ0) is 18.3. The van der Waals surface area contributed by atoms with Crippen LogP contribution in [0.5, 0.6) is 5.75 Å². The third-order valence-corrected chi connectivity index (χ3v) is 4.82. The van der Waals surface area contributed by atoms with Gasteiger partial charge in [-0.25, -0.2) is 4.98 Å². The van der Waals surface area contributed by atoms with Crippen molar-refractivity contribution >= 4 is 16.7 Å². The molecule has 0 bridgehead atoms. The van der Waals surface area contributed by atoms with Gasteiger partial charge < -0.3 is 14.6 Å². The van der Waals surface area contributed by atoms with Gasteiger partial charge in [0.15, 0.2) is 0 Å². The van der Waals surface area contributed by atoms with E-state index in [9.17, 15) is 4.79 Å². The van der Waals surface area contributed by atoms with Gasteiger partial charge in [-0.3, -0.25) is 4.79 Å². The highest BCUT2D eigenvalue weighted by Gasteiger charge is 2.21. The van der Waals surface area contributed by atoms with E-state index in [1.165, 1.54) is 12.8 Å². The molecule has 5 heteroatoms. The molecule has 0 spiro atoms. The Kier molecular flexibility index (Phi) is 4.15. The van der Waals surface area contributed by atoms with E-state index in [0.717, 1.165) is 33.6 Å². The van der Waals surface area contributed by atoms with E-state index in [0.29, 0.717) is 18.2 Å². The van der Waals surface area contributed by atoms with Crippen LogP contribution in [0.2, 0.25) is 0 Å². The molecule has 0 unspecified atom stereocenters.